The zero-order valence-corrected chi connectivity index (χ0v) is 13.7. The van der Waals surface area contributed by atoms with Gasteiger partial charge in [0.25, 0.3) is 0 Å². The second kappa shape index (κ2) is 7.96. The lowest BCUT2D eigenvalue weighted by atomic mass is 9.92. The van der Waals surface area contributed by atoms with Gasteiger partial charge >= 0.3 is 0 Å². The maximum absolute atomic E-state index is 3.62. The van der Waals surface area contributed by atoms with E-state index in [1.807, 2.05) is 0 Å². The molecule has 1 aromatic rings. The minimum Gasteiger partial charge on any atom is -0.310 e. The highest BCUT2D eigenvalue weighted by Gasteiger charge is 2.14. The van der Waals surface area contributed by atoms with Crippen LogP contribution in [0, 0.1) is 12.8 Å². The van der Waals surface area contributed by atoms with E-state index in [9.17, 15) is 0 Å². The van der Waals surface area contributed by atoms with Crippen LogP contribution in [-0.2, 0) is 0 Å². The van der Waals surface area contributed by atoms with Crippen molar-refractivity contribution in [2.24, 2.45) is 5.92 Å². The lowest BCUT2D eigenvalue weighted by molar-refractivity contribution is 0.395. The van der Waals surface area contributed by atoms with E-state index in [-0.39, 0.29) is 0 Å². The first-order valence-corrected chi connectivity index (χ1v) is 7.87. The zero-order valence-electron chi connectivity index (χ0n) is 12.1. The number of benzene rings is 1. The van der Waals surface area contributed by atoms with Crippen LogP contribution in [0.15, 0.2) is 22.7 Å². The lowest BCUT2D eigenvalue weighted by Crippen LogP contribution is -2.23. The first-order chi connectivity index (χ1) is 8.58. The second-order valence-electron chi connectivity index (χ2n) is 5.25. The molecule has 18 heavy (non-hydrogen) atoms. The standard InChI is InChI=1S/C16H26BrN/c1-5-7-12(3)10-16(18-6-2)14-8-9-15(17)13(4)11-14/h8-9,11-12,16,18H,5-7,10H2,1-4H3. The molecule has 0 bridgehead atoms. The summed E-state index contributed by atoms with van der Waals surface area (Å²) in [6.45, 7) is 10.00. The van der Waals surface area contributed by atoms with E-state index in [1.165, 1.54) is 34.9 Å². The van der Waals surface area contributed by atoms with Crippen molar-refractivity contribution < 1.29 is 0 Å². The highest BCUT2D eigenvalue weighted by Crippen LogP contribution is 2.27. The minimum absolute atomic E-state index is 0.489. The monoisotopic (exact) mass is 311 g/mol. The Kier molecular flexibility index (Phi) is 6.95. The van der Waals surface area contributed by atoms with E-state index < -0.39 is 0 Å². The molecule has 2 atom stereocenters. The predicted molar refractivity (Wildman–Crippen MR) is 84.0 cm³/mol. The molecule has 2 unspecified atom stereocenters. The second-order valence-corrected chi connectivity index (χ2v) is 6.10. The van der Waals surface area contributed by atoms with Crippen LogP contribution in [-0.4, -0.2) is 6.54 Å². The molecule has 0 aliphatic heterocycles. The van der Waals surface area contributed by atoms with Gasteiger partial charge in [-0.3, -0.25) is 0 Å². The van der Waals surface area contributed by atoms with Crippen molar-refractivity contribution in [1.82, 2.24) is 5.32 Å². The number of nitrogens with one attached hydrogen (secondary N) is 1. The normalized spacial score (nSPS) is 14.5. The van der Waals surface area contributed by atoms with Crippen molar-refractivity contribution >= 4 is 15.9 Å². The summed E-state index contributed by atoms with van der Waals surface area (Å²) in [4.78, 5) is 0. The van der Waals surface area contributed by atoms with E-state index in [0.717, 1.165) is 12.5 Å². The Hall–Kier alpha value is -0.340. The van der Waals surface area contributed by atoms with Crippen molar-refractivity contribution in [3.63, 3.8) is 0 Å². The van der Waals surface area contributed by atoms with Gasteiger partial charge in [0.1, 0.15) is 0 Å². The third-order valence-corrected chi connectivity index (χ3v) is 4.34. The van der Waals surface area contributed by atoms with Crippen LogP contribution in [0.5, 0.6) is 0 Å². The molecular weight excluding hydrogens is 286 g/mol. The molecule has 0 aromatic heterocycles. The van der Waals surface area contributed by atoms with E-state index in [2.05, 4.69) is 67.1 Å². The van der Waals surface area contributed by atoms with Gasteiger partial charge in [-0.1, -0.05) is 61.7 Å². The quantitative estimate of drug-likeness (QED) is 0.726. The van der Waals surface area contributed by atoms with Gasteiger partial charge in [0.05, 0.1) is 0 Å². The predicted octanol–water partition coefficient (Wildman–Crippen LogP) is 5.23. The van der Waals surface area contributed by atoms with Crippen LogP contribution < -0.4 is 5.32 Å². The molecule has 0 radical (unpaired) electrons. The molecule has 0 fully saturated rings. The van der Waals surface area contributed by atoms with Crippen LogP contribution in [0.3, 0.4) is 0 Å². The number of hydrogen-bond donors (Lipinski definition) is 1. The summed E-state index contributed by atoms with van der Waals surface area (Å²) >= 11 is 3.57. The fraction of sp³-hybridized carbons (Fsp3) is 0.625. The molecule has 102 valence electrons. The summed E-state index contributed by atoms with van der Waals surface area (Å²) in [7, 11) is 0. The van der Waals surface area contributed by atoms with Crippen LogP contribution in [0.2, 0.25) is 0 Å². The fourth-order valence-corrected chi connectivity index (χ4v) is 2.73. The van der Waals surface area contributed by atoms with Crippen LogP contribution in [0.1, 0.15) is 57.2 Å². The highest BCUT2D eigenvalue weighted by atomic mass is 79.9. The summed E-state index contributed by atoms with van der Waals surface area (Å²) in [5, 5.41) is 3.62. The van der Waals surface area contributed by atoms with E-state index >= 15 is 0 Å². The first-order valence-electron chi connectivity index (χ1n) is 7.07. The van der Waals surface area contributed by atoms with Crippen LogP contribution >= 0.6 is 15.9 Å². The molecule has 0 aliphatic carbocycles. The van der Waals surface area contributed by atoms with Crippen molar-refractivity contribution in [3.8, 4) is 0 Å². The molecule has 1 N–H and O–H groups in total. The summed E-state index contributed by atoms with van der Waals surface area (Å²) in [5.74, 6) is 0.781. The molecule has 2 heteroatoms. The highest BCUT2D eigenvalue weighted by molar-refractivity contribution is 9.10. The van der Waals surface area contributed by atoms with E-state index in [4.69, 9.17) is 0 Å². The number of aryl methyl sites for hydroxylation is 1. The Morgan fingerprint density at radius 2 is 2.00 bits per heavy atom. The van der Waals surface area contributed by atoms with E-state index in [1.54, 1.807) is 0 Å². The van der Waals surface area contributed by atoms with Gasteiger partial charge in [0, 0.05) is 10.5 Å². The molecule has 1 aromatic carbocycles. The molecule has 1 rings (SSSR count). The first kappa shape index (κ1) is 15.7. The molecule has 0 spiro atoms. The minimum atomic E-state index is 0.489. The molecule has 0 saturated heterocycles. The molecule has 0 saturated carbocycles. The Balaban J connectivity index is 2.79. The fourth-order valence-electron chi connectivity index (χ4n) is 2.48. The summed E-state index contributed by atoms with van der Waals surface area (Å²) in [5.41, 5.74) is 2.74. The molecule has 0 amide bonds. The van der Waals surface area contributed by atoms with Crippen molar-refractivity contribution in [2.75, 3.05) is 6.54 Å². The van der Waals surface area contributed by atoms with Crippen molar-refractivity contribution in [3.05, 3.63) is 33.8 Å². The molecule has 1 nitrogen and oxygen atoms in total. The Morgan fingerprint density at radius 3 is 2.56 bits per heavy atom. The van der Waals surface area contributed by atoms with Gasteiger partial charge in [-0.05, 0) is 43.0 Å². The van der Waals surface area contributed by atoms with E-state index in [0.29, 0.717) is 6.04 Å². The maximum Gasteiger partial charge on any atom is 0.0322 e. The zero-order chi connectivity index (χ0) is 13.5. The van der Waals surface area contributed by atoms with Gasteiger partial charge in [-0.2, -0.15) is 0 Å². The average Bonchev–Trinajstić information content (AvgIpc) is 2.32. The van der Waals surface area contributed by atoms with Crippen molar-refractivity contribution in [2.45, 2.75) is 53.0 Å². The maximum atomic E-state index is 3.62. The lowest BCUT2D eigenvalue weighted by Gasteiger charge is -2.22. The molecular formula is C16H26BrN. The Labute approximate surface area is 120 Å². The third-order valence-electron chi connectivity index (χ3n) is 3.45. The molecule has 0 aliphatic rings. The number of hydrogen-bond acceptors (Lipinski definition) is 1. The largest absolute Gasteiger partial charge is 0.310 e. The summed E-state index contributed by atoms with van der Waals surface area (Å²) in [6, 6.07) is 7.20. The average molecular weight is 312 g/mol. The molecule has 0 heterocycles. The van der Waals surface area contributed by atoms with Gasteiger partial charge in [0.15, 0.2) is 0 Å². The smallest absolute Gasteiger partial charge is 0.0322 e. The Morgan fingerprint density at radius 1 is 1.28 bits per heavy atom. The number of halogens is 1. The van der Waals surface area contributed by atoms with Crippen molar-refractivity contribution in [1.29, 1.82) is 0 Å². The summed E-state index contributed by atoms with van der Waals surface area (Å²) < 4.78 is 1.20. The number of rotatable bonds is 7. The van der Waals surface area contributed by atoms with Gasteiger partial charge in [-0.25, -0.2) is 0 Å². The Bertz CT molecular complexity index is 362. The SMILES string of the molecule is CCCC(C)CC(NCC)c1ccc(Br)c(C)c1. The van der Waals surface area contributed by atoms with Gasteiger partial charge < -0.3 is 5.32 Å². The van der Waals surface area contributed by atoms with Crippen LogP contribution in [0.4, 0.5) is 0 Å². The third kappa shape index (κ3) is 4.74. The summed E-state index contributed by atoms with van der Waals surface area (Å²) in [6.07, 6.45) is 3.82. The van der Waals surface area contributed by atoms with Gasteiger partial charge in [0.2, 0.25) is 0 Å². The topological polar surface area (TPSA) is 12.0 Å². The van der Waals surface area contributed by atoms with Crippen LogP contribution in [0.25, 0.3) is 0 Å². The van der Waals surface area contributed by atoms with Gasteiger partial charge in [-0.15, -0.1) is 0 Å².